The number of carboxylic acids is 1. The maximum Gasteiger partial charge on any atom is 0.246 e. The van der Waals surface area contributed by atoms with E-state index in [0.29, 0.717) is 34.4 Å². The summed E-state index contributed by atoms with van der Waals surface area (Å²) >= 11 is 12.8. The molecule has 2 unspecified atom stereocenters. The average molecular weight is 708 g/mol. The second-order valence-corrected chi connectivity index (χ2v) is 12.8. The lowest BCUT2D eigenvalue weighted by Crippen LogP contribution is -2.60. The van der Waals surface area contributed by atoms with Crippen LogP contribution in [0.2, 0.25) is 10.0 Å². The number of aliphatic carboxylic acids is 1. The third kappa shape index (κ3) is 7.12. The molecule has 6 rings (SSSR count). The summed E-state index contributed by atoms with van der Waals surface area (Å²) in [4.78, 5) is 27.2. The molecular formula is C32H36Cl2N4O10. The normalized spacial score (nSPS) is 29.2. The number of ether oxygens (including phenoxy) is 4. The number of hydrogen-bond acceptors (Lipinski definition) is 11. The first-order valence-electron chi connectivity index (χ1n) is 15.4. The van der Waals surface area contributed by atoms with Gasteiger partial charge in [0.1, 0.15) is 61.8 Å². The van der Waals surface area contributed by atoms with E-state index in [0.717, 1.165) is 18.8 Å². The van der Waals surface area contributed by atoms with Gasteiger partial charge in [0.15, 0.2) is 0 Å². The van der Waals surface area contributed by atoms with E-state index in [9.17, 15) is 30.0 Å². The van der Waals surface area contributed by atoms with Crippen LogP contribution in [-0.2, 0) is 36.1 Å². The third-order valence-corrected chi connectivity index (χ3v) is 9.33. The van der Waals surface area contributed by atoms with E-state index in [2.05, 4.69) is 4.90 Å². The highest BCUT2D eigenvalue weighted by atomic mass is 35.5. The van der Waals surface area contributed by atoms with Crippen molar-refractivity contribution < 1.29 is 53.5 Å². The predicted octanol–water partition coefficient (Wildman–Crippen LogP) is -0.172. The molecule has 3 N–H and O–H groups in total. The molecule has 4 heterocycles. The quantitative estimate of drug-likeness (QED) is 0.253. The van der Waals surface area contributed by atoms with Crippen LogP contribution in [0.25, 0.3) is 0 Å². The highest BCUT2D eigenvalue weighted by molar-refractivity contribution is 6.35. The van der Waals surface area contributed by atoms with Gasteiger partial charge in [0, 0.05) is 49.4 Å². The Balaban J connectivity index is 1.14. The number of nitrogens with zero attached hydrogens (tertiary/aromatic N) is 4. The molecule has 1 aromatic heterocycles. The van der Waals surface area contributed by atoms with Crippen LogP contribution in [-0.4, -0.2) is 107 Å². The summed E-state index contributed by atoms with van der Waals surface area (Å²) in [5.41, 5.74) is 1.55. The number of aromatic nitrogens is 2. The number of amides is 1. The van der Waals surface area contributed by atoms with Gasteiger partial charge in [0.25, 0.3) is 0 Å². The number of carbonyl (C=O) groups is 2. The van der Waals surface area contributed by atoms with Gasteiger partial charge in [-0.05, 0) is 36.4 Å². The molecule has 7 atom stereocenters. The van der Waals surface area contributed by atoms with Crippen molar-refractivity contribution in [1.29, 1.82) is 0 Å². The van der Waals surface area contributed by atoms with Crippen LogP contribution in [0.5, 0.6) is 5.75 Å². The molecule has 16 heteroatoms. The molecule has 48 heavy (non-hydrogen) atoms. The molecular weight excluding hydrogens is 671 g/mol. The highest BCUT2D eigenvalue weighted by Gasteiger charge is 2.49. The molecule has 1 amide bonds. The van der Waals surface area contributed by atoms with Gasteiger partial charge in [-0.25, -0.2) is 9.13 Å². The minimum atomic E-state index is -1.87. The number of imidazole rings is 1. The number of halogens is 2. The molecule has 3 aliphatic heterocycles. The summed E-state index contributed by atoms with van der Waals surface area (Å²) in [6.07, 6.45) is -4.36. The van der Waals surface area contributed by atoms with Gasteiger partial charge in [-0.3, -0.25) is 4.79 Å². The van der Waals surface area contributed by atoms with Crippen LogP contribution >= 0.6 is 23.2 Å². The number of benzene rings is 2. The smallest absolute Gasteiger partial charge is 0.246 e. The van der Waals surface area contributed by atoms with E-state index >= 15 is 0 Å². The molecule has 3 saturated heterocycles. The summed E-state index contributed by atoms with van der Waals surface area (Å²) in [5, 5.41) is 43.1. The van der Waals surface area contributed by atoms with Crippen molar-refractivity contribution in [2.75, 3.05) is 44.3 Å². The molecule has 0 spiro atoms. The maximum absolute atomic E-state index is 11.6. The molecule has 0 saturated carbocycles. The fourth-order valence-electron chi connectivity index (χ4n) is 6.17. The Morgan fingerprint density at radius 2 is 1.77 bits per heavy atom. The van der Waals surface area contributed by atoms with Gasteiger partial charge in [-0.2, -0.15) is 0 Å². The topological polar surface area (TPSA) is 170 Å². The minimum Gasteiger partial charge on any atom is -0.547 e. The summed E-state index contributed by atoms with van der Waals surface area (Å²) < 4.78 is 27.3. The van der Waals surface area contributed by atoms with Crippen molar-refractivity contribution in [3.8, 4) is 5.75 Å². The van der Waals surface area contributed by atoms with Crippen molar-refractivity contribution in [3.63, 3.8) is 0 Å². The summed E-state index contributed by atoms with van der Waals surface area (Å²) in [7, 11) is 0. The number of anilines is 1. The number of piperazine rings is 1. The second kappa shape index (κ2) is 14.2. The van der Waals surface area contributed by atoms with Gasteiger partial charge in [-0.1, -0.05) is 29.3 Å². The highest BCUT2D eigenvalue weighted by Crippen LogP contribution is 2.40. The number of carbonyl (C=O) groups excluding carboxylic acids is 2. The molecule has 3 aromatic rings. The van der Waals surface area contributed by atoms with Crippen molar-refractivity contribution in [2.45, 2.75) is 56.0 Å². The first-order chi connectivity index (χ1) is 22.9. The molecule has 0 radical (unpaired) electrons. The van der Waals surface area contributed by atoms with E-state index in [1.807, 2.05) is 29.2 Å². The van der Waals surface area contributed by atoms with Crippen LogP contribution in [0.4, 0.5) is 5.69 Å². The molecule has 0 bridgehead atoms. The Morgan fingerprint density at radius 3 is 2.44 bits per heavy atom. The van der Waals surface area contributed by atoms with E-state index < -0.39 is 48.5 Å². The van der Waals surface area contributed by atoms with Gasteiger partial charge >= 0.3 is 0 Å². The van der Waals surface area contributed by atoms with Crippen molar-refractivity contribution in [3.05, 3.63) is 76.8 Å². The van der Waals surface area contributed by atoms with Crippen molar-refractivity contribution in [1.82, 2.24) is 9.47 Å². The van der Waals surface area contributed by atoms with Gasteiger partial charge < -0.3 is 54.0 Å². The minimum absolute atomic E-state index is 0.0569. The molecule has 2 aromatic carbocycles. The maximum atomic E-state index is 11.6. The summed E-state index contributed by atoms with van der Waals surface area (Å²) in [6, 6.07) is 12.7. The predicted molar refractivity (Wildman–Crippen MR) is 167 cm³/mol. The average Bonchev–Trinajstić information content (AvgIpc) is 3.70. The molecule has 3 aliphatic rings. The fourth-order valence-corrected chi connectivity index (χ4v) is 6.73. The van der Waals surface area contributed by atoms with E-state index in [4.69, 9.17) is 42.1 Å². The number of hydrogen-bond donors (Lipinski definition) is 3. The number of rotatable bonds is 9. The lowest BCUT2D eigenvalue weighted by Gasteiger charge is -2.39. The van der Waals surface area contributed by atoms with Crippen LogP contribution in [0, 0.1) is 0 Å². The Morgan fingerprint density at radius 1 is 1.04 bits per heavy atom. The lowest BCUT2D eigenvalue weighted by molar-refractivity contribution is -0.720. The van der Waals surface area contributed by atoms with Gasteiger partial charge in [0.2, 0.25) is 24.2 Å². The Hall–Kier alpha value is -3.47. The standard InChI is InChI=1S/C32H36Cl2N4O10/c1-19(39)36-10-12-37(13-11-36)21-3-5-22(6-4-21)45-15-23-16-46-32(48-23,24-7-2-20(33)14-25(24)34)17-35-8-9-38(18-35)30-28(42)26(40)27(41)29(47-30)31(43)44/h2-9,14,18,23,26-30,40-42H,10-13,15-17H2,1H3/t23-,26?,27-,28+,29-,30?,32-/m0/s1. The zero-order chi connectivity index (χ0) is 34.2. The largest absolute Gasteiger partial charge is 0.547 e. The van der Waals surface area contributed by atoms with Crippen molar-refractivity contribution in [2.24, 2.45) is 0 Å². The monoisotopic (exact) mass is 706 g/mol. The molecule has 14 nitrogen and oxygen atoms in total. The number of carboxylic acid groups (broad SMARTS) is 1. The lowest BCUT2D eigenvalue weighted by atomic mass is 9.98. The van der Waals surface area contributed by atoms with Crippen LogP contribution in [0.1, 0.15) is 18.7 Å². The Kier molecular flexibility index (Phi) is 10.2. The molecule has 0 aliphatic carbocycles. The Labute approximate surface area is 286 Å². The van der Waals surface area contributed by atoms with Gasteiger partial charge in [0.05, 0.1) is 17.6 Å². The summed E-state index contributed by atoms with van der Waals surface area (Å²) in [6.45, 7) is 4.85. The van der Waals surface area contributed by atoms with Crippen LogP contribution in [0.15, 0.2) is 61.2 Å². The fraction of sp³-hybridized carbons (Fsp3) is 0.469. The van der Waals surface area contributed by atoms with E-state index in [1.165, 1.54) is 17.1 Å². The number of aliphatic hydroxyl groups is 3. The third-order valence-electron chi connectivity index (χ3n) is 8.78. The van der Waals surface area contributed by atoms with E-state index in [-0.39, 0.29) is 25.7 Å². The van der Waals surface area contributed by atoms with Gasteiger partial charge in [-0.15, -0.1) is 0 Å². The molecule has 258 valence electrons. The van der Waals surface area contributed by atoms with Crippen LogP contribution < -0.4 is 19.3 Å². The first-order valence-corrected chi connectivity index (χ1v) is 16.2. The second-order valence-electron chi connectivity index (χ2n) is 12.0. The van der Waals surface area contributed by atoms with Crippen molar-refractivity contribution >= 4 is 40.8 Å². The SMILES string of the molecule is CC(=O)N1CCN(c2ccc(OC[C@H]3CO[C@](C[n+]4ccn(C5O[C@H](C(=O)[O-])[C@@H](O)C(O)[C@H]5O)c4)(c4ccc(Cl)cc4Cl)O3)cc2)CC1. The zero-order valence-corrected chi connectivity index (χ0v) is 27.4. The van der Waals surface area contributed by atoms with Crippen LogP contribution in [0.3, 0.4) is 0 Å². The Bertz CT molecular complexity index is 1620. The molecule has 3 fully saturated rings. The zero-order valence-electron chi connectivity index (χ0n) is 25.9. The summed E-state index contributed by atoms with van der Waals surface area (Å²) in [5.74, 6) is -2.39. The first kappa shape index (κ1) is 34.4. The van der Waals surface area contributed by atoms with E-state index in [1.54, 1.807) is 35.9 Å². The number of aliphatic hydroxyl groups excluding tert-OH is 3.